The van der Waals surface area contributed by atoms with Gasteiger partial charge in [-0.05, 0) is 48.7 Å². The molecule has 0 bridgehead atoms. The van der Waals surface area contributed by atoms with Crippen LogP contribution in [0.2, 0.25) is 5.02 Å². The van der Waals surface area contributed by atoms with Crippen LogP contribution < -0.4 is 9.47 Å². The normalized spacial score (nSPS) is 14.2. The minimum Gasteiger partial charge on any atom is -0.493 e. The van der Waals surface area contributed by atoms with Gasteiger partial charge in [0, 0.05) is 43.2 Å². The zero-order valence-electron chi connectivity index (χ0n) is 17.4. The number of hydrogen-bond acceptors (Lipinski definition) is 4. The number of halogens is 1. The minimum atomic E-state index is -0.0656. The Kier molecular flexibility index (Phi) is 7.57. The Balaban J connectivity index is 1.57. The fourth-order valence-electron chi connectivity index (χ4n) is 3.62. The van der Waals surface area contributed by atoms with Crippen LogP contribution in [0.25, 0.3) is 0 Å². The van der Waals surface area contributed by atoms with Gasteiger partial charge in [0.25, 0.3) is 5.91 Å². The number of nitrogens with zero attached hydrogens (tertiary/aromatic N) is 2. The molecule has 1 heterocycles. The second-order valence-electron chi connectivity index (χ2n) is 7.23. The van der Waals surface area contributed by atoms with Crippen LogP contribution in [0.3, 0.4) is 0 Å². The summed E-state index contributed by atoms with van der Waals surface area (Å²) in [6, 6.07) is 12.8. The average molecular weight is 431 g/mol. The summed E-state index contributed by atoms with van der Waals surface area (Å²) in [5.41, 5.74) is 1.60. The van der Waals surface area contributed by atoms with Gasteiger partial charge in [-0.25, -0.2) is 0 Å². The molecule has 1 aliphatic heterocycles. The third-order valence-electron chi connectivity index (χ3n) is 5.28. The van der Waals surface area contributed by atoms with Gasteiger partial charge in [0.05, 0.1) is 14.2 Å². The van der Waals surface area contributed by atoms with Crippen molar-refractivity contribution < 1.29 is 19.1 Å². The summed E-state index contributed by atoms with van der Waals surface area (Å²) in [7, 11) is 3.11. The molecule has 3 rings (SSSR count). The lowest BCUT2D eigenvalue weighted by molar-refractivity contribution is -0.131. The van der Waals surface area contributed by atoms with Gasteiger partial charge in [-0.15, -0.1) is 0 Å². The molecule has 0 aromatic heterocycles. The Hall–Kier alpha value is -2.73. The summed E-state index contributed by atoms with van der Waals surface area (Å²) in [5, 5.41) is 0.680. The Morgan fingerprint density at radius 2 is 1.67 bits per heavy atom. The quantitative estimate of drug-likeness (QED) is 0.701. The van der Waals surface area contributed by atoms with E-state index in [0.29, 0.717) is 61.1 Å². The molecule has 0 spiro atoms. The molecule has 2 amide bonds. The van der Waals surface area contributed by atoms with Crippen LogP contribution in [-0.2, 0) is 11.2 Å². The van der Waals surface area contributed by atoms with Crippen LogP contribution in [0, 0.1) is 0 Å². The maximum absolute atomic E-state index is 13.0. The van der Waals surface area contributed by atoms with Crippen LogP contribution in [-0.4, -0.2) is 62.0 Å². The van der Waals surface area contributed by atoms with Gasteiger partial charge < -0.3 is 19.3 Å². The number of carbonyl (C=O) groups is 2. The third kappa shape index (κ3) is 5.45. The van der Waals surface area contributed by atoms with Crippen LogP contribution in [0.4, 0.5) is 0 Å². The number of methoxy groups -OCH3 is 2. The van der Waals surface area contributed by atoms with Gasteiger partial charge >= 0.3 is 0 Å². The molecule has 0 atom stereocenters. The molecule has 1 saturated heterocycles. The molecule has 0 N–H and O–H groups in total. The Morgan fingerprint density at radius 3 is 2.40 bits per heavy atom. The zero-order valence-corrected chi connectivity index (χ0v) is 18.2. The van der Waals surface area contributed by atoms with Crippen molar-refractivity contribution in [2.75, 3.05) is 40.4 Å². The first-order chi connectivity index (χ1) is 14.5. The van der Waals surface area contributed by atoms with Crippen molar-refractivity contribution in [1.82, 2.24) is 9.80 Å². The van der Waals surface area contributed by atoms with Crippen LogP contribution >= 0.6 is 11.6 Å². The molecule has 160 valence electrons. The number of carbonyl (C=O) groups excluding carboxylic acids is 2. The van der Waals surface area contributed by atoms with Crippen molar-refractivity contribution in [3.05, 3.63) is 58.6 Å². The molecular weight excluding hydrogens is 404 g/mol. The molecule has 1 fully saturated rings. The Morgan fingerprint density at radius 1 is 0.933 bits per heavy atom. The SMILES string of the molecule is COc1ccc(C(=O)N2CCCN(C(=O)CCc3cccc(Cl)c3)CC2)cc1OC. The van der Waals surface area contributed by atoms with E-state index in [-0.39, 0.29) is 11.8 Å². The first-order valence-electron chi connectivity index (χ1n) is 10.1. The van der Waals surface area contributed by atoms with E-state index >= 15 is 0 Å². The smallest absolute Gasteiger partial charge is 0.254 e. The summed E-state index contributed by atoms with van der Waals surface area (Å²) in [6.07, 6.45) is 1.84. The fraction of sp³-hybridized carbons (Fsp3) is 0.391. The van der Waals surface area contributed by atoms with E-state index in [1.807, 2.05) is 29.2 Å². The third-order valence-corrected chi connectivity index (χ3v) is 5.52. The van der Waals surface area contributed by atoms with Crippen molar-refractivity contribution in [2.45, 2.75) is 19.3 Å². The molecule has 6 nitrogen and oxygen atoms in total. The highest BCUT2D eigenvalue weighted by Gasteiger charge is 2.23. The van der Waals surface area contributed by atoms with Gasteiger partial charge in [0.1, 0.15) is 0 Å². The van der Waals surface area contributed by atoms with E-state index in [1.165, 1.54) is 0 Å². The van der Waals surface area contributed by atoms with Crippen molar-refractivity contribution in [3.63, 3.8) is 0 Å². The molecule has 7 heteroatoms. The monoisotopic (exact) mass is 430 g/mol. The van der Waals surface area contributed by atoms with E-state index < -0.39 is 0 Å². The predicted molar refractivity (Wildman–Crippen MR) is 116 cm³/mol. The van der Waals surface area contributed by atoms with E-state index in [0.717, 1.165) is 12.0 Å². The van der Waals surface area contributed by atoms with Crippen molar-refractivity contribution in [1.29, 1.82) is 0 Å². The molecule has 2 aromatic carbocycles. The van der Waals surface area contributed by atoms with Gasteiger partial charge in [-0.2, -0.15) is 0 Å². The maximum atomic E-state index is 13.0. The summed E-state index contributed by atoms with van der Waals surface area (Å²) < 4.78 is 10.5. The Bertz CT molecular complexity index is 903. The number of ether oxygens (including phenoxy) is 2. The molecule has 0 saturated carbocycles. The predicted octanol–water partition coefficient (Wildman–Crippen LogP) is 3.66. The molecule has 2 aromatic rings. The number of hydrogen-bond donors (Lipinski definition) is 0. The number of rotatable bonds is 6. The lowest BCUT2D eigenvalue weighted by Crippen LogP contribution is -2.37. The van der Waals surface area contributed by atoms with E-state index in [9.17, 15) is 9.59 Å². The van der Waals surface area contributed by atoms with E-state index in [4.69, 9.17) is 21.1 Å². The summed E-state index contributed by atoms with van der Waals surface area (Å²) in [6.45, 7) is 2.32. The van der Waals surface area contributed by atoms with Gasteiger partial charge in [-0.1, -0.05) is 23.7 Å². The number of aryl methyl sites for hydroxylation is 1. The molecule has 30 heavy (non-hydrogen) atoms. The highest BCUT2D eigenvalue weighted by Crippen LogP contribution is 2.28. The van der Waals surface area contributed by atoms with Gasteiger partial charge in [-0.3, -0.25) is 9.59 Å². The standard InChI is InChI=1S/C23H27ClN2O4/c1-29-20-9-8-18(16-21(20)30-2)23(28)26-12-4-11-25(13-14-26)22(27)10-7-17-5-3-6-19(24)15-17/h3,5-6,8-9,15-16H,4,7,10-14H2,1-2H3. The second-order valence-corrected chi connectivity index (χ2v) is 7.66. The number of benzene rings is 2. The van der Waals surface area contributed by atoms with Crippen LogP contribution in [0.1, 0.15) is 28.8 Å². The zero-order chi connectivity index (χ0) is 21.5. The summed E-state index contributed by atoms with van der Waals surface area (Å²) >= 11 is 6.01. The van der Waals surface area contributed by atoms with Gasteiger partial charge in [0.2, 0.25) is 5.91 Å². The summed E-state index contributed by atoms with van der Waals surface area (Å²) in [4.78, 5) is 29.3. The average Bonchev–Trinajstić information content (AvgIpc) is 3.03. The summed E-state index contributed by atoms with van der Waals surface area (Å²) in [5.74, 6) is 1.15. The van der Waals surface area contributed by atoms with Crippen molar-refractivity contribution in [2.24, 2.45) is 0 Å². The lowest BCUT2D eigenvalue weighted by Gasteiger charge is -2.22. The first-order valence-corrected chi connectivity index (χ1v) is 10.4. The van der Waals surface area contributed by atoms with E-state index in [1.54, 1.807) is 37.3 Å². The van der Waals surface area contributed by atoms with Crippen LogP contribution in [0.5, 0.6) is 11.5 Å². The minimum absolute atomic E-state index is 0.0656. The second kappa shape index (κ2) is 10.3. The highest BCUT2D eigenvalue weighted by molar-refractivity contribution is 6.30. The molecule has 0 unspecified atom stereocenters. The number of amides is 2. The van der Waals surface area contributed by atoms with E-state index in [2.05, 4.69) is 0 Å². The fourth-order valence-corrected chi connectivity index (χ4v) is 3.84. The van der Waals surface area contributed by atoms with Crippen molar-refractivity contribution in [3.8, 4) is 11.5 Å². The first kappa shape index (κ1) is 22.0. The molecule has 0 aliphatic carbocycles. The Labute approximate surface area is 182 Å². The molecule has 0 radical (unpaired) electrons. The maximum Gasteiger partial charge on any atom is 0.254 e. The van der Waals surface area contributed by atoms with Crippen molar-refractivity contribution >= 4 is 23.4 Å². The largest absolute Gasteiger partial charge is 0.493 e. The molecule has 1 aliphatic rings. The van der Waals surface area contributed by atoms with Crippen LogP contribution in [0.15, 0.2) is 42.5 Å². The molecular formula is C23H27ClN2O4. The highest BCUT2D eigenvalue weighted by atomic mass is 35.5. The topological polar surface area (TPSA) is 59.1 Å². The lowest BCUT2D eigenvalue weighted by atomic mass is 10.1. The van der Waals surface area contributed by atoms with Gasteiger partial charge in [0.15, 0.2) is 11.5 Å².